The fourth-order valence-corrected chi connectivity index (χ4v) is 2.17. The number of benzene rings is 1. The number of rotatable bonds is 1. The summed E-state index contributed by atoms with van der Waals surface area (Å²) in [7, 11) is 0. The highest BCUT2D eigenvalue weighted by atomic mass is 35.5. The zero-order valence-corrected chi connectivity index (χ0v) is 9.86. The van der Waals surface area contributed by atoms with Gasteiger partial charge in [-0.3, -0.25) is 0 Å². The lowest BCUT2D eigenvalue weighted by Gasteiger charge is -2.03. The van der Waals surface area contributed by atoms with Crippen LogP contribution in [0, 0.1) is 0 Å². The Labute approximate surface area is 105 Å². The second kappa shape index (κ2) is 3.99. The number of hydrogen-bond acceptors (Lipinski definition) is 4. The second-order valence-corrected chi connectivity index (χ2v) is 4.08. The van der Waals surface area contributed by atoms with Crippen LogP contribution in [0.2, 0.25) is 0 Å². The second-order valence-electron chi connectivity index (χ2n) is 3.81. The Bertz CT molecular complexity index is 860. The predicted molar refractivity (Wildman–Crippen MR) is 68.1 cm³/mol. The first-order valence-electron chi connectivity index (χ1n) is 5.25. The highest BCUT2D eigenvalue weighted by Gasteiger charge is 2.14. The van der Waals surface area contributed by atoms with Gasteiger partial charge in [0.2, 0.25) is 0 Å². The van der Waals surface area contributed by atoms with Crippen molar-refractivity contribution in [1.29, 1.82) is 0 Å². The van der Waals surface area contributed by atoms with E-state index in [2.05, 4.69) is 0 Å². The van der Waals surface area contributed by atoms with Gasteiger partial charge in [-0.15, -0.1) is 11.6 Å². The van der Waals surface area contributed by atoms with Gasteiger partial charge in [0.1, 0.15) is 11.0 Å². The predicted octanol–water partition coefficient (Wildman–Crippen LogP) is 2.64. The van der Waals surface area contributed by atoms with Gasteiger partial charge in [0.15, 0.2) is 5.58 Å². The number of halogens is 1. The first kappa shape index (κ1) is 11.0. The van der Waals surface area contributed by atoms with E-state index in [1.807, 2.05) is 0 Å². The summed E-state index contributed by atoms with van der Waals surface area (Å²) in [5.41, 5.74) is -0.0608. The van der Waals surface area contributed by atoms with Crippen molar-refractivity contribution in [3.05, 3.63) is 56.7 Å². The molecule has 0 amide bonds. The molecule has 0 saturated heterocycles. The lowest BCUT2D eigenvalue weighted by molar-refractivity contribution is 0.541. The molecule has 0 spiro atoms. The maximum Gasteiger partial charge on any atom is 0.347 e. The average molecular weight is 263 g/mol. The Morgan fingerprint density at radius 3 is 2.67 bits per heavy atom. The van der Waals surface area contributed by atoms with Crippen LogP contribution in [0.25, 0.3) is 21.9 Å². The molecular formula is C13H7ClO4. The van der Waals surface area contributed by atoms with Crippen molar-refractivity contribution in [2.45, 2.75) is 5.88 Å². The molecule has 2 heterocycles. The van der Waals surface area contributed by atoms with Crippen LogP contribution in [0.4, 0.5) is 0 Å². The van der Waals surface area contributed by atoms with Crippen molar-refractivity contribution < 1.29 is 8.83 Å². The molecule has 0 aliphatic heterocycles. The molecule has 0 saturated carbocycles. The molecule has 2 aromatic heterocycles. The molecule has 0 radical (unpaired) electrons. The summed E-state index contributed by atoms with van der Waals surface area (Å²) in [5.74, 6) is 0.0468. The number of hydrogen-bond donors (Lipinski definition) is 0. The minimum atomic E-state index is -0.553. The van der Waals surface area contributed by atoms with Crippen molar-refractivity contribution in [2.24, 2.45) is 0 Å². The highest BCUT2D eigenvalue weighted by Crippen LogP contribution is 2.23. The molecule has 0 aliphatic carbocycles. The molecule has 0 bridgehead atoms. The Morgan fingerprint density at radius 1 is 1.11 bits per heavy atom. The first-order chi connectivity index (χ1) is 8.70. The van der Waals surface area contributed by atoms with Crippen LogP contribution in [0.3, 0.4) is 0 Å². The average Bonchev–Trinajstić information content (AvgIpc) is 2.37. The van der Waals surface area contributed by atoms with Crippen molar-refractivity contribution in [3.63, 3.8) is 0 Å². The summed E-state index contributed by atoms with van der Waals surface area (Å²) in [6.45, 7) is 0. The molecule has 1 aromatic carbocycles. The molecule has 0 N–H and O–H groups in total. The molecule has 5 heteroatoms. The standard InChI is InChI=1S/C13H7ClO4/c14-6-7-5-10(15)18-12-8-3-1-2-4-9(8)17-13(16)11(7)12/h1-5H,6H2. The van der Waals surface area contributed by atoms with Crippen molar-refractivity contribution in [2.75, 3.05) is 0 Å². The molecule has 0 aliphatic rings. The zero-order chi connectivity index (χ0) is 12.7. The van der Waals surface area contributed by atoms with Gasteiger partial charge in [-0.05, 0) is 17.7 Å². The van der Waals surface area contributed by atoms with Crippen LogP contribution in [-0.4, -0.2) is 0 Å². The summed E-state index contributed by atoms with van der Waals surface area (Å²) in [6.07, 6.45) is 0. The number of para-hydroxylation sites is 1. The Hall–Kier alpha value is -2.07. The summed E-state index contributed by atoms with van der Waals surface area (Å²) >= 11 is 5.74. The highest BCUT2D eigenvalue weighted by molar-refractivity contribution is 6.18. The molecule has 90 valence electrons. The quantitative estimate of drug-likeness (QED) is 0.384. The lowest BCUT2D eigenvalue weighted by Crippen LogP contribution is -2.08. The zero-order valence-electron chi connectivity index (χ0n) is 9.10. The van der Waals surface area contributed by atoms with E-state index in [9.17, 15) is 9.59 Å². The van der Waals surface area contributed by atoms with Crippen molar-refractivity contribution in [1.82, 2.24) is 0 Å². The van der Waals surface area contributed by atoms with E-state index in [0.717, 1.165) is 0 Å². The van der Waals surface area contributed by atoms with Crippen LogP contribution in [-0.2, 0) is 5.88 Å². The maximum atomic E-state index is 11.9. The van der Waals surface area contributed by atoms with Crippen LogP contribution in [0.15, 0.2) is 48.8 Å². The van der Waals surface area contributed by atoms with Gasteiger partial charge in [0, 0.05) is 11.9 Å². The third kappa shape index (κ3) is 1.54. The van der Waals surface area contributed by atoms with Gasteiger partial charge in [0.25, 0.3) is 0 Å². The SMILES string of the molecule is O=c1cc(CCl)c2c(=O)oc3ccccc3c2o1. The third-order valence-electron chi connectivity index (χ3n) is 2.73. The number of alkyl halides is 1. The van der Waals surface area contributed by atoms with Gasteiger partial charge in [-0.2, -0.15) is 0 Å². The van der Waals surface area contributed by atoms with Crippen LogP contribution >= 0.6 is 11.6 Å². The van der Waals surface area contributed by atoms with E-state index in [-0.39, 0.29) is 16.8 Å². The molecule has 0 fully saturated rings. The molecule has 0 atom stereocenters. The van der Waals surface area contributed by atoms with E-state index in [0.29, 0.717) is 16.5 Å². The Morgan fingerprint density at radius 2 is 1.89 bits per heavy atom. The number of fused-ring (bicyclic) bond motifs is 3. The normalized spacial score (nSPS) is 11.2. The van der Waals surface area contributed by atoms with Crippen molar-refractivity contribution in [3.8, 4) is 0 Å². The minimum absolute atomic E-state index is 0.0468. The van der Waals surface area contributed by atoms with Crippen molar-refractivity contribution >= 4 is 33.5 Å². The summed E-state index contributed by atoms with van der Waals surface area (Å²) in [5, 5.41) is 0.805. The molecule has 4 nitrogen and oxygen atoms in total. The van der Waals surface area contributed by atoms with E-state index >= 15 is 0 Å². The summed E-state index contributed by atoms with van der Waals surface area (Å²) < 4.78 is 10.3. The van der Waals surface area contributed by atoms with Gasteiger partial charge in [-0.1, -0.05) is 12.1 Å². The lowest BCUT2D eigenvalue weighted by atomic mass is 10.1. The largest absolute Gasteiger partial charge is 0.422 e. The van der Waals surface area contributed by atoms with Crippen LogP contribution < -0.4 is 11.3 Å². The Balaban J connectivity index is 2.69. The van der Waals surface area contributed by atoms with Gasteiger partial charge in [-0.25, -0.2) is 9.59 Å². The maximum absolute atomic E-state index is 11.9. The van der Waals surface area contributed by atoms with Crippen LogP contribution in [0.5, 0.6) is 0 Å². The molecule has 3 aromatic rings. The fourth-order valence-electron chi connectivity index (χ4n) is 1.95. The van der Waals surface area contributed by atoms with Crippen LogP contribution in [0.1, 0.15) is 5.56 Å². The van der Waals surface area contributed by atoms with E-state index < -0.39 is 11.3 Å². The monoisotopic (exact) mass is 262 g/mol. The van der Waals surface area contributed by atoms with Gasteiger partial charge >= 0.3 is 11.3 Å². The molecule has 3 rings (SSSR count). The van der Waals surface area contributed by atoms with Gasteiger partial charge < -0.3 is 8.83 Å². The topological polar surface area (TPSA) is 60.4 Å². The van der Waals surface area contributed by atoms with E-state index in [4.69, 9.17) is 20.4 Å². The smallest absolute Gasteiger partial charge is 0.347 e. The van der Waals surface area contributed by atoms with Gasteiger partial charge in [0.05, 0.1) is 5.39 Å². The Kier molecular flexibility index (Phi) is 2.45. The third-order valence-corrected chi connectivity index (χ3v) is 3.01. The fraction of sp³-hybridized carbons (Fsp3) is 0.0769. The first-order valence-corrected chi connectivity index (χ1v) is 5.78. The minimum Gasteiger partial charge on any atom is -0.422 e. The van der Waals surface area contributed by atoms with E-state index in [1.54, 1.807) is 24.3 Å². The molecule has 18 heavy (non-hydrogen) atoms. The summed E-state index contributed by atoms with van der Waals surface area (Å²) in [4.78, 5) is 23.4. The van der Waals surface area contributed by atoms with E-state index in [1.165, 1.54) is 6.07 Å². The molecule has 0 unspecified atom stereocenters. The molecular weight excluding hydrogens is 256 g/mol. The summed E-state index contributed by atoms with van der Waals surface area (Å²) in [6, 6.07) is 8.09.